The molecule has 1 amide bonds. The van der Waals surface area contributed by atoms with Crippen molar-refractivity contribution in [2.75, 3.05) is 24.7 Å². The normalized spacial score (nSPS) is 19.6. The van der Waals surface area contributed by atoms with Crippen molar-refractivity contribution in [3.63, 3.8) is 0 Å². The van der Waals surface area contributed by atoms with Gasteiger partial charge in [-0.3, -0.25) is 4.79 Å². The Morgan fingerprint density at radius 3 is 3.11 bits per heavy atom. The number of morpholine rings is 1. The Morgan fingerprint density at radius 1 is 1.63 bits per heavy atom. The molecule has 0 bridgehead atoms. The Hall–Kier alpha value is -1.69. The molecular weight excluding hydrogens is 249 g/mol. The molecule has 1 fully saturated rings. The fraction of sp³-hybridized carbons (Fsp3) is 0.538. The second kappa shape index (κ2) is 5.97. The third-order valence-electron chi connectivity index (χ3n) is 2.90. The number of nitrogens with one attached hydrogen (secondary N) is 1. The van der Waals surface area contributed by atoms with Crippen LogP contribution < -0.4 is 10.2 Å². The summed E-state index contributed by atoms with van der Waals surface area (Å²) in [5.74, 6) is -0.654. The number of hydrogen-bond acceptors (Lipinski definition) is 4. The smallest absolute Gasteiger partial charge is 0.245 e. The molecule has 1 aliphatic rings. The molecule has 1 aromatic rings. The van der Waals surface area contributed by atoms with E-state index in [2.05, 4.69) is 10.3 Å². The molecule has 2 heterocycles. The highest BCUT2D eigenvalue weighted by Gasteiger charge is 2.30. The number of carbonyl (C=O) groups is 1. The fourth-order valence-electron chi connectivity index (χ4n) is 2.08. The molecule has 104 valence electrons. The van der Waals surface area contributed by atoms with Gasteiger partial charge in [-0.05, 0) is 19.9 Å². The van der Waals surface area contributed by atoms with E-state index >= 15 is 0 Å². The maximum absolute atomic E-state index is 13.2. The fourth-order valence-corrected chi connectivity index (χ4v) is 2.08. The minimum Gasteiger partial charge on any atom is -0.377 e. The topological polar surface area (TPSA) is 54.5 Å². The first kappa shape index (κ1) is 13.7. The van der Waals surface area contributed by atoms with Crippen molar-refractivity contribution in [1.29, 1.82) is 0 Å². The number of hydrogen-bond donors (Lipinski definition) is 1. The Bertz CT molecular complexity index is 453. The summed E-state index contributed by atoms with van der Waals surface area (Å²) in [6, 6.07) is 2.66. The van der Waals surface area contributed by atoms with E-state index in [0.29, 0.717) is 25.4 Å². The zero-order valence-corrected chi connectivity index (χ0v) is 11.1. The van der Waals surface area contributed by atoms with Crippen LogP contribution in [-0.2, 0) is 9.53 Å². The predicted octanol–water partition coefficient (Wildman–Crippen LogP) is 0.950. The Balaban J connectivity index is 2.18. The van der Waals surface area contributed by atoms with Gasteiger partial charge in [0.05, 0.1) is 13.2 Å². The first-order valence-corrected chi connectivity index (χ1v) is 6.34. The summed E-state index contributed by atoms with van der Waals surface area (Å²) in [6.07, 6.45) is 1.40. The number of ether oxygens (including phenoxy) is 1. The van der Waals surface area contributed by atoms with E-state index in [9.17, 15) is 9.18 Å². The molecule has 0 aliphatic carbocycles. The lowest BCUT2D eigenvalue weighted by molar-refractivity contribution is -0.125. The summed E-state index contributed by atoms with van der Waals surface area (Å²) in [5, 5.41) is 2.86. The van der Waals surface area contributed by atoms with E-state index in [1.807, 2.05) is 18.7 Å². The first-order valence-electron chi connectivity index (χ1n) is 6.34. The van der Waals surface area contributed by atoms with Gasteiger partial charge in [-0.1, -0.05) is 0 Å². The lowest BCUT2D eigenvalue weighted by atomic mass is 10.1. The number of pyridine rings is 1. The quantitative estimate of drug-likeness (QED) is 0.829. The Labute approximate surface area is 111 Å². The third kappa shape index (κ3) is 3.41. The highest BCUT2D eigenvalue weighted by molar-refractivity contribution is 5.85. The first-order chi connectivity index (χ1) is 9.08. The number of nitrogens with zero attached hydrogens (tertiary/aromatic N) is 2. The van der Waals surface area contributed by atoms with Crippen molar-refractivity contribution in [3.8, 4) is 0 Å². The van der Waals surface area contributed by atoms with E-state index in [0.717, 1.165) is 0 Å². The van der Waals surface area contributed by atoms with Crippen LogP contribution in [0.5, 0.6) is 0 Å². The second-order valence-corrected chi connectivity index (χ2v) is 4.78. The number of halogens is 1. The standard InChI is InChI=1S/C13H18FN3O2/c1-9(2)16-13(18)11-8-19-6-5-17(11)10-3-4-15-12(14)7-10/h3-4,7,9,11H,5-6,8H2,1-2H3,(H,16,18). The molecule has 0 radical (unpaired) electrons. The summed E-state index contributed by atoms with van der Waals surface area (Å²) in [6.45, 7) is 5.19. The molecule has 0 spiro atoms. The van der Waals surface area contributed by atoms with E-state index in [-0.39, 0.29) is 11.9 Å². The van der Waals surface area contributed by atoms with Crippen LogP contribution in [0.15, 0.2) is 18.3 Å². The van der Waals surface area contributed by atoms with Crippen molar-refractivity contribution >= 4 is 11.6 Å². The molecule has 1 unspecified atom stereocenters. The van der Waals surface area contributed by atoms with Crippen molar-refractivity contribution < 1.29 is 13.9 Å². The van der Waals surface area contributed by atoms with Crippen molar-refractivity contribution in [3.05, 3.63) is 24.3 Å². The van der Waals surface area contributed by atoms with E-state index < -0.39 is 12.0 Å². The van der Waals surface area contributed by atoms with Gasteiger partial charge >= 0.3 is 0 Å². The second-order valence-electron chi connectivity index (χ2n) is 4.78. The van der Waals surface area contributed by atoms with Gasteiger partial charge < -0.3 is 15.0 Å². The molecule has 1 N–H and O–H groups in total. The van der Waals surface area contributed by atoms with Gasteiger partial charge in [-0.2, -0.15) is 4.39 Å². The molecule has 1 aliphatic heterocycles. The summed E-state index contributed by atoms with van der Waals surface area (Å²) in [7, 11) is 0. The van der Waals surface area contributed by atoms with Gasteiger partial charge in [0.2, 0.25) is 11.9 Å². The molecule has 2 rings (SSSR count). The number of carbonyl (C=O) groups excluding carboxylic acids is 1. The average molecular weight is 267 g/mol. The number of anilines is 1. The lowest BCUT2D eigenvalue weighted by Crippen LogP contribution is -2.55. The predicted molar refractivity (Wildman–Crippen MR) is 69.4 cm³/mol. The molecule has 1 aromatic heterocycles. The summed E-state index contributed by atoms with van der Waals surface area (Å²) >= 11 is 0. The minimum absolute atomic E-state index is 0.0606. The molecule has 0 aromatic carbocycles. The van der Waals surface area contributed by atoms with Gasteiger partial charge in [0.15, 0.2) is 0 Å². The molecule has 5 nitrogen and oxygen atoms in total. The van der Waals surface area contributed by atoms with E-state index in [1.165, 1.54) is 12.3 Å². The third-order valence-corrected chi connectivity index (χ3v) is 2.90. The molecular formula is C13H18FN3O2. The van der Waals surface area contributed by atoms with Gasteiger partial charge in [-0.15, -0.1) is 0 Å². The van der Waals surface area contributed by atoms with Crippen LogP contribution in [0.25, 0.3) is 0 Å². The molecule has 19 heavy (non-hydrogen) atoms. The average Bonchev–Trinajstić information content (AvgIpc) is 2.38. The van der Waals surface area contributed by atoms with Gasteiger partial charge in [0.25, 0.3) is 0 Å². The summed E-state index contributed by atoms with van der Waals surface area (Å²) in [5.41, 5.74) is 0.653. The Morgan fingerprint density at radius 2 is 2.42 bits per heavy atom. The Kier molecular flexibility index (Phi) is 4.31. The van der Waals surface area contributed by atoms with Crippen LogP contribution in [0.1, 0.15) is 13.8 Å². The maximum Gasteiger partial charge on any atom is 0.245 e. The lowest BCUT2D eigenvalue weighted by Gasteiger charge is -2.36. The highest BCUT2D eigenvalue weighted by Crippen LogP contribution is 2.19. The SMILES string of the molecule is CC(C)NC(=O)C1COCCN1c1ccnc(F)c1. The zero-order valence-electron chi connectivity index (χ0n) is 11.1. The van der Waals surface area contributed by atoms with Gasteiger partial charge in [0.1, 0.15) is 6.04 Å². The largest absolute Gasteiger partial charge is 0.377 e. The van der Waals surface area contributed by atoms with Crippen LogP contribution in [0.4, 0.5) is 10.1 Å². The van der Waals surface area contributed by atoms with Crippen LogP contribution >= 0.6 is 0 Å². The van der Waals surface area contributed by atoms with Crippen LogP contribution in [0.3, 0.4) is 0 Å². The summed E-state index contributed by atoms with van der Waals surface area (Å²) < 4.78 is 18.5. The van der Waals surface area contributed by atoms with Crippen molar-refractivity contribution in [1.82, 2.24) is 10.3 Å². The number of amides is 1. The minimum atomic E-state index is -0.549. The maximum atomic E-state index is 13.2. The highest BCUT2D eigenvalue weighted by atomic mass is 19.1. The number of rotatable bonds is 3. The van der Waals surface area contributed by atoms with Crippen LogP contribution in [-0.4, -0.2) is 42.7 Å². The van der Waals surface area contributed by atoms with Crippen molar-refractivity contribution in [2.24, 2.45) is 0 Å². The molecule has 6 heteroatoms. The van der Waals surface area contributed by atoms with Crippen LogP contribution in [0, 0.1) is 5.95 Å². The number of aromatic nitrogens is 1. The van der Waals surface area contributed by atoms with E-state index in [4.69, 9.17) is 4.74 Å². The molecule has 0 saturated carbocycles. The molecule has 1 saturated heterocycles. The van der Waals surface area contributed by atoms with Crippen molar-refractivity contribution in [2.45, 2.75) is 25.9 Å². The summed E-state index contributed by atoms with van der Waals surface area (Å²) in [4.78, 5) is 17.5. The van der Waals surface area contributed by atoms with Gasteiger partial charge in [-0.25, -0.2) is 4.98 Å². The van der Waals surface area contributed by atoms with Crippen LogP contribution in [0.2, 0.25) is 0 Å². The zero-order chi connectivity index (χ0) is 13.8. The molecule has 1 atom stereocenters. The van der Waals surface area contributed by atoms with E-state index in [1.54, 1.807) is 6.07 Å². The monoisotopic (exact) mass is 267 g/mol. The van der Waals surface area contributed by atoms with Gasteiger partial charge in [0, 0.05) is 30.5 Å².